The number of hydrogen-bond acceptors (Lipinski definition) is 6. The number of pyridine rings is 1. The fourth-order valence-corrected chi connectivity index (χ4v) is 2.59. The van der Waals surface area contributed by atoms with Crippen molar-refractivity contribution in [1.82, 2.24) is 15.2 Å². The van der Waals surface area contributed by atoms with Gasteiger partial charge in [-0.05, 0) is 24.3 Å². The van der Waals surface area contributed by atoms with E-state index >= 15 is 0 Å². The van der Waals surface area contributed by atoms with Gasteiger partial charge in [0.25, 0.3) is 0 Å². The minimum atomic E-state index is -4.40. The molecule has 1 aromatic carbocycles. The van der Waals surface area contributed by atoms with Crippen LogP contribution in [0.3, 0.4) is 0 Å². The first kappa shape index (κ1) is 19.0. The van der Waals surface area contributed by atoms with Crippen LogP contribution in [0.15, 0.2) is 42.6 Å². The van der Waals surface area contributed by atoms with Crippen molar-refractivity contribution >= 4 is 16.7 Å². The molecule has 0 fully saturated rings. The van der Waals surface area contributed by atoms with E-state index in [0.717, 1.165) is 12.1 Å². The average Bonchev–Trinajstić information content (AvgIpc) is 2.66. The van der Waals surface area contributed by atoms with Gasteiger partial charge in [-0.2, -0.15) is 13.2 Å². The number of fused-ring (bicyclic) bond motifs is 1. The second-order valence-electron chi connectivity index (χ2n) is 5.86. The van der Waals surface area contributed by atoms with E-state index in [1.165, 1.54) is 19.2 Å². The predicted octanol–water partition coefficient (Wildman–Crippen LogP) is 3.13. The Kier molecular flexibility index (Phi) is 5.52. The van der Waals surface area contributed by atoms with E-state index in [4.69, 9.17) is 4.74 Å². The first-order chi connectivity index (χ1) is 12.9. The summed E-state index contributed by atoms with van der Waals surface area (Å²) in [5.74, 6) is 0.420. The fourth-order valence-electron chi connectivity index (χ4n) is 2.59. The molecule has 0 aliphatic carbocycles. The molecule has 3 rings (SSSR count). The van der Waals surface area contributed by atoms with Crippen molar-refractivity contribution in [2.45, 2.75) is 12.3 Å². The van der Waals surface area contributed by atoms with Gasteiger partial charge in [0.05, 0.1) is 18.3 Å². The summed E-state index contributed by atoms with van der Waals surface area (Å²) < 4.78 is 43.1. The van der Waals surface area contributed by atoms with Gasteiger partial charge >= 0.3 is 6.18 Å². The number of methoxy groups -OCH3 is 1. The van der Waals surface area contributed by atoms with Gasteiger partial charge in [0.15, 0.2) is 5.82 Å². The maximum Gasteiger partial charge on any atom is 0.416 e. The summed E-state index contributed by atoms with van der Waals surface area (Å²) in [7, 11) is 1.49. The number of aliphatic hydroxyl groups is 1. The number of nitrogens with zero attached hydrogens (tertiary/aromatic N) is 3. The zero-order chi connectivity index (χ0) is 19.4. The second-order valence-corrected chi connectivity index (χ2v) is 5.86. The molecule has 2 aromatic heterocycles. The summed E-state index contributed by atoms with van der Waals surface area (Å²) in [6, 6.07) is 8.18. The lowest BCUT2D eigenvalue weighted by atomic mass is 10.1. The van der Waals surface area contributed by atoms with Gasteiger partial charge in [0.2, 0.25) is 0 Å². The minimum Gasteiger partial charge on any atom is -0.389 e. The van der Waals surface area contributed by atoms with Crippen LogP contribution in [0.5, 0.6) is 0 Å². The molecule has 3 aromatic rings. The van der Waals surface area contributed by atoms with Gasteiger partial charge in [-0.3, -0.25) is 4.98 Å². The lowest BCUT2D eigenvalue weighted by Gasteiger charge is -2.13. The number of aliphatic hydroxyl groups excluding tert-OH is 1. The van der Waals surface area contributed by atoms with E-state index in [2.05, 4.69) is 20.5 Å². The molecule has 142 valence electrons. The zero-order valence-corrected chi connectivity index (χ0v) is 14.4. The smallest absolute Gasteiger partial charge is 0.389 e. The van der Waals surface area contributed by atoms with Crippen molar-refractivity contribution in [2.24, 2.45) is 0 Å². The molecular weight excluding hydrogens is 361 g/mol. The summed E-state index contributed by atoms with van der Waals surface area (Å²) in [5.41, 5.74) is 0.616. The van der Waals surface area contributed by atoms with Crippen molar-refractivity contribution in [1.29, 1.82) is 0 Å². The van der Waals surface area contributed by atoms with Crippen LogP contribution >= 0.6 is 0 Å². The Labute approximate surface area is 153 Å². The lowest BCUT2D eigenvalue weighted by Crippen LogP contribution is -2.24. The number of aromatic nitrogens is 3. The molecule has 0 bridgehead atoms. The Morgan fingerprint density at radius 1 is 1.15 bits per heavy atom. The average molecular weight is 378 g/mol. The molecule has 0 aliphatic rings. The Bertz CT molecular complexity index is 917. The van der Waals surface area contributed by atoms with E-state index in [9.17, 15) is 18.3 Å². The summed E-state index contributed by atoms with van der Waals surface area (Å²) in [4.78, 5) is 4.30. The Balaban J connectivity index is 1.95. The van der Waals surface area contributed by atoms with Crippen molar-refractivity contribution in [3.8, 4) is 11.3 Å². The van der Waals surface area contributed by atoms with Gasteiger partial charge < -0.3 is 15.2 Å². The summed E-state index contributed by atoms with van der Waals surface area (Å²) in [6.45, 7) is 0.367. The highest BCUT2D eigenvalue weighted by Gasteiger charge is 2.30. The molecule has 0 aliphatic heterocycles. The number of nitrogens with one attached hydrogen (secondary N) is 1. The molecule has 9 heteroatoms. The third-order valence-electron chi connectivity index (χ3n) is 3.89. The van der Waals surface area contributed by atoms with E-state index < -0.39 is 17.8 Å². The van der Waals surface area contributed by atoms with Gasteiger partial charge in [-0.1, -0.05) is 12.1 Å². The van der Waals surface area contributed by atoms with E-state index in [-0.39, 0.29) is 13.2 Å². The first-order valence-electron chi connectivity index (χ1n) is 8.10. The van der Waals surface area contributed by atoms with Crippen molar-refractivity contribution in [3.63, 3.8) is 0 Å². The number of hydrogen-bond donors (Lipinski definition) is 2. The van der Waals surface area contributed by atoms with Crippen LogP contribution in [0, 0.1) is 0 Å². The maximum atomic E-state index is 12.8. The van der Waals surface area contributed by atoms with Gasteiger partial charge in [0.1, 0.15) is 11.2 Å². The Morgan fingerprint density at radius 2 is 1.89 bits per heavy atom. The third-order valence-corrected chi connectivity index (χ3v) is 3.89. The maximum absolute atomic E-state index is 12.8. The quantitative estimate of drug-likeness (QED) is 0.686. The predicted molar refractivity (Wildman–Crippen MR) is 94.1 cm³/mol. The molecule has 2 heterocycles. The molecule has 0 saturated carbocycles. The molecule has 0 radical (unpaired) electrons. The molecule has 6 nitrogen and oxygen atoms in total. The molecule has 1 atom stereocenters. The number of ether oxygens (including phenoxy) is 1. The van der Waals surface area contributed by atoms with Crippen LogP contribution in [-0.4, -0.2) is 46.7 Å². The van der Waals surface area contributed by atoms with Crippen LogP contribution in [0.2, 0.25) is 0 Å². The zero-order valence-electron chi connectivity index (χ0n) is 14.4. The topological polar surface area (TPSA) is 80.2 Å². The number of halogens is 3. The first-order valence-corrected chi connectivity index (χ1v) is 8.10. The highest BCUT2D eigenvalue weighted by molar-refractivity contribution is 5.97. The van der Waals surface area contributed by atoms with E-state index in [1.54, 1.807) is 18.3 Å². The van der Waals surface area contributed by atoms with Crippen LogP contribution in [0.1, 0.15) is 5.56 Å². The Morgan fingerprint density at radius 3 is 2.56 bits per heavy atom. The summed E-state index contributed by atoms with van der Waals surface area (Å²) in [6.07, 6.45) is -3.55. The largest absolute Gasteiger partial charge is 0.416 e. The Hall–Kier alpha value is -2.78. The van der Waals surface area contributed by atoms with Crippen molar-refractivity contribution in [3.05, 3.63) is 48.2 Å². The monoisotopic (exact) mass is 378 g/mol. The third kappa shape index (κ3) is 4.32. The number of benzene rings is 1. The summed E-state index contributed by atoms with van der Waals surface area (Å²) >= 11 is 0. The SMILES string of the molecule is COC[C@H](O)CNc1nnc(-c2ccc(C(F)(F)F)cc2)c2ncccc12. The molecule has 0 spiro atoms. The standard InChI is InChI=1S/C18H17F3N4O2/c1-27-10-13(26)9-23-17-14-3-2-8-22-16(14)15(24-25-17)11-4-6-12(7-5-11)18(19,20)21/h2-8,13,26H,9-10H2,1H3,(H,23,25)/t13-/m1/s1. The highest BCUT2D eigenvalue weighted by Crippen LogP contribution is 2.32. The van der Waals surface area contributed by atoms with Crippen LogP contribution in [0.4, 0.5) is 19.0 Å². The second kappa shape index (κ2) is 7.85. The molecular formula is C18H17F3N4O2. The van der Waals surface area contributed by atoms with Crippen molar-refractivity contribution < 1.29 is 23.0 Å². The highest BCUT2D eigenvalue weighted by atomic mass is 19.4. The van der Waals surface area contributed by atoms with Crippen LogP contribution in [-0.2, 0) is 10.9 Å². The van der Waals surface area contributed by atoms with Crippen LogP contribution < -0.4 is 5.32 Å². The molecule has 0 saturated heterocycles. The number of anilines is 1. The van der Waals surface area contributed by atoms with Crippen LogP contribution in [0.25, 0.3) is 22.2 Å². The molecule has 0 unspecified atom stereocenters. The van der Waals surface area contributed by atoms with Crippen molar-refractivity contribution in [2.75, 3.05) is 25.6 Å². The molecule has 27 heavy (non-hydrogen) atoms. The fraction of sp³-hybridized carbons (Fsp3) is 0.278. The van der Waals surface area contributed by atoms with Gasteiger partial charge in [0, 0.05) is 30.8 Å². The molecule has 0 amide bonds. The minimum absolute atomic E-state index is 0.167. The number of rotatable bonds is 6. The van der Waals surface area contributed by atoms with E-state index in [1.807, 2.05) is 0 Å². The molecule has 2 N–H and O–H groups in total. The van der Waals surface area contributed by atoms with Gasteiger partial charge in [-0.15, -0.1) is 10.2 Å². The number of alkyl halides is 3. The normalized spacial score (nSPS) is 12.9. The van der Waals surface area contributed by atoms with E-state index in [0.29, 0.717) is 28.0 Å². The summed E-state index contributed by atoms with van der Waals surface area (Å²) in [5, 5.41) is 21.6. The lowest BCUT2D eigenvalue weighted by molar-refractivity contribution is -0.137. The van der Waals surface area contributed by atoms with Gasteiger partial charge in [-0.25, -0.2) is 0 Å².